The molecule has 256 valence electrons. The van der Waals surface area contributed by atoms with E-state index in [0.29, 0.717) is 5.57 Å². The summed E-state index contributed by atoms with van der Waals surface area (Å²) < 4.78 is 43.8. The number of anilines is 2. The largest absolute Gasteiger partial charge is 0.573 e. The maximum atomic E-state index is 14.2. The van der Waals surface area contributed by atoms with Crippen molar-refractivity contribution in [3.05, 3.63) is 104 Å². The molecular formula is C33H23F3N4O10. The first-order valence-electron chi connectivity index (χ1n) is 15.2. The van der Waals surface area contributed by atoms with E-state index in [-0.39, 0.29) is 35.5 Å². The lowest BCUT2D eigenvalue weighted by atomic mass is 9.57. The topological polar surface area (TPSA) is 190 Å². The molecule has 1 saturated carbocycles. The molecule has 7 rings (SSSR count). The Morgan fingerprint density at radius 2 is 1.30 bits per heavy atom. The van der Waals surface area contributed by atoms with Gasteiger partial charge in [0.1, 0.15) is 11.5 Å². The quantitative estimate of drug-likeness (QED) is 0.156. The Morgan fingerprint density at radius 3 is 1.86 bits per heavy atom. The lowest BCUT2D eigenvalue weighted by Crippen LogP contribution is -2.43. The molecule has 0 spiro atoms. The van der Waals surface area contributed by atoms with E-state index in [1.54, 1.807) is 6.08 Å². The van der Waals surface area contributed by atoms with Crippen LogP contribution in [0.25, 0.3) is 0 Å². The number of ether oxygens (including phenoxy) is 1. The van der Waals surface area contributed by atoms with Crippen molar-refractivity contribution in [3.63, 3.8) is 0 Å². The van der Waals surface area contributed by atoms with Crippen LogP contribution >= 0.6 is 0 Å². The van der Waals surface area contributed by atoms with Crippen molar-refractivity contribution in [2.45, 2.75) is 25.1 Å². The maximum Gasteiger partial charge on any atom is 0.573 e. The van der Waals surface area contributed by atoms with Gasteiger partial charge in [0.05, 0.1) is 44.9 Å². The molecule has 6 unspecified atom stereocenters. The van der Waals surface area contributed by atoms with Gasteiger partial charge in [-0.25, -0.2) is 9.80 Å². The predicted octanol–water partition coefficient (Wildman–Crippen LogP) is 5.15. The number of hydrogen-bond acceptors (Lipinski definition) is 10. The van der Waals surface area contributed by atoms with Gasteiger partial charge < -0.3 is 9.84 Å². The van der Waals surface area contributed by atoms with Crippen molar-refractivity contribution in [3.8, 4) is 11.5 Å². The Bertz CT molecular complexity index is 2070. The summed E-state index contributed by atoms with van der Waals surface area (Å²) in [6.45, 7) is 0. The van der Waals surface area contributed by atoms with Crippen LogP contribution in [0, 0.1) is 49.8 Å². The summed E-state index contributed by atoms with van der Waals surface area (Å²) in [5.41, 5.74) is -0.833. The van der Waals surface area contributed by atoms with Gasteiger partial charge in [-0.15, -0.1) is 13.2 Å². The number of carbonyl (C=O) groups is 4. The molecule has 17 heteroatoms. The highest BCUT2D eigenvalue weighted by molar-refractivity contribution is 6.24. The zero-order chi connectivity index (χ0) is 35.8. The Morgan fingerprint density at radius 1 is 0.740 bits per heavy atom. The van der Waals surface area contributed by atoms with Crippen LogP contribution < -0.4 is 14.5 Å². The van der Waals surface area contributed by atoms with Gasteiger partial charge in [0.15, 0.2) is 0 Å². The number of nitro benzene ring substituents is 2. The van der Waals surface area contributed by atoms with Crippen LogP contribution in [0.2, 0.25) is 0 Å². The molecule has 2 saturated heterocycles. The molecule has 2 aliphatic carbocycles. The number of halogens is 3. The van der Waals surface area contributed by atoms with Gasteiger partial charge >= 0.3 is 6.36 Å². The molecule has 3 fully saturated rings. The Labute approximate surface area is 278 Å². The first-order chi connectivity index (χ1) is 23.7. The van der Waals surface area contributed by atoms with Crippen molar-refractivity contribution in [1.82, 2.24) is 0 Å². The Kier molecular flexibility index (Phi) is 7.45. The van der Waals surface area contributed by atoms with E-state index in [0.717, 1.165) is 46.2 Å². The standard InChI is InChI=1S/C33H23F3N4O10/c34-33(35,36)50-19-7-10-25(41)23(13-19)26-20-8-9-21-27(31(44)37(29(21)42)15-3-1-5-17(11-15)39(46)47)22(20)14-24-28(26)32(45)38(30(24)43)16-4-2-6-18(12-16)40(48)49/h1-8,10-13,21-22,24,26-28,41H,9,14H2. The lowest BCUT2D eigenvalue weighted by Gasteiger charge is -2.44. The molecule has 6 atom stereocenters. The average molecular weight is 693 g/mol. The molecule has 50 heavy (non-hydrogen) atoms. The molecule has 4 amide bonds. The fourth-order valence-electron chi connectivity index (χ4n) is 7.92. The van der Waals surface area contributed by atoms with Crippen molar-refractivity contribution < 1.29 is 52.0 Å². The summed E-state index contributed by atoms with van der Waals surface area (Å²) in [6.07, 6.45) is -3.75. The minimum absolute atomic E-state index is 0.0472. The second-order valence-corrected chi connectivity index (χ2v) is 12.4. The smallest absolute Gasteiger partial charge is 0.508 e. The highest BCUT2D eigenvalue weighted by Crippen LogP contribution is 2.59. The number of phenolic OH excluding ortho intramolecular Hbond substituents is 1. The molecule has 0 aromatic heterocycles. The molecule has 3 aromatic rings. The number of non-ortho nitro benzene ring substituents is 2. The van der Waals surface area contributed by atoms with Crippen molar-refractivity contribution in [2.75, 3.05) is 9.80 Å². The Hall–Kier alpha value is -6.13. The van der Waals surface area contributed by atoms with Crippen LogP contribution in [0.1, 0.15) is 24.3 Å². The number of amides is 4. The van der Waals surface area contributed by atoms with Gasteiger partial charge in [-0.1, -0.05) is 23.8 Å². The zero-order valence-electron chi connectivity index (χ0n) is 25.4. The van der Waals surface area contributed by atoms with E-state index < -0.39 is 92.5 Å². The van der Waals surface area contributed by atoms with Crippen LogP contribution in [0.4, 0.5) is 35.9 Å². The molecule has 0 bridgehead atoms. The number of imide groups is 2. The van der Waals surface area contributed by atoms with E-state index in [1.807, 2.05) is 0 Å². The Balaban J connectivity index is 1.35. The third kappa shape index (κ3) is 5.12. The second kappa shape index (κ2) is 11.5. The molecule has 2 aliphatic heterocycles. The summed E-state index contributed by atoms with van der Waals surface area (Å²) in [6, 6.07) is 12.4. The molecule has 2 heterocycles. The van der Waals surface area contributed by atoms with Crippen LogP contribution in [-0.4, -0.2) is 44.9 Å². The third-order valence-corrected chi connectivity index (χ3v) is 9.81. The molecule has 4 aliphatic rings. The van der Waals surface area contributed by atoms with Gasteiger partial charge in [0.2, 0.25) is 23.6 Å². The van der Waals surface area contributed by atoms with Crippen LogP contribution in [0.5, 0.6) is 11.5 Å². The van der Waals surface area contributed by atoms with Crippen molar-refractivity contribution in [1.29, 1.82) is 0 Å². The number of rotatable bonds is 6. The van der Waals surface area contributed by atoms with Crippen LogP contribution in [-0.2, 0) is 19.2 Å². The predicted molar refractivity (Wildman–Crippen MR) is 163 cm³/mol. The van der Waals surface area contributed by atoms with Gasteiger partial charge in [0.25, 0.3) is 11.4 Å². The molecule has 14 nitrogen and oxygen atoms in total. The number of alkyl halides is 3. The van der Waals surface area contributed by atoms with Gasteiger partial charge in [-0.3, -0.25) is 39.4 Å². The normalized spacial score (nSPS) is 25.9. The highest BCUT2D eigenvalue weighted by atomic mass is 19.4. The average Bonchev–Trinajstić information content (AvgIpc) is 3.47. The number of benzene rings is 3. The highest BCUT2D eigenvalue weighted by Gasteiger charge is 2.62. The van der Waals surface area contributed by atoms with Crippen molar-refractivity contribution in [2.24, 2.45) is 29.6 Å². The van der Waals surface area contributed by atoms with Gasteiger partial charge in [-0.05, 0) is 49.1 Å². The monoisotopic (exact) mass is 692 g/mol. The second-order valence-electron chi connectivity index (χ2n) is 12.4. The van der Waals surface area contributed by atoms with E-state index in [4.69, 9.17) is 0 Å². The number of hydrogen-bond donors (Lipinski definition) is 1. The molecule has 0 radical (unpaired) electrons. The summed E-state index contributed by atoms with van der Waals surface area (Å²) in [7, 11) is 0. The van der Waals surface area contributed by atoms with E-state index >= 15 is 0 Å². The maximum absolute atomic E-state index is 14.2. The SMILES string of the molecule is O=C1C2CC=C3C(CC4C(=O)N(c5cccc([N+](=O)[O-])c5)C(=O)C4C3c3cc(OC(F)(F)F)ccc3O)C2C(=O)N1c1cccc([N+](=O)[O-])c1. The van der Waals surface area contributed by atoms with Crippen LogP contribution in [0.15, 0.2) is 78.4 Å². The molecule has 3 aromatic carbocycles. The summed E-state index contributed by atoms with van der Waals surface area (Å²) in [5.74, 6) is -11.1. The van der Waals surface area contributed by atoms with Crippen LogP contribution in [0.3, 0.4) is 0 Å². The number of fused-ring (bicyclic) bond motifs is 4. The fraction of sp³-hybridized carbons (Fsp3) is 0.273. The van der Waals surface area contributed by atoms with Crippen molar-refractivity contribution >= 4 is 46.4 Å². The molecular weight excluding hydrogens is 669 g/mol. The number of allylic oxidation sites excluding steroid dienone is 2. The lowest BCUT2D eigenvalue weighted by molar-refractivity contribution is -0.385. The number of carbonyl (C=O) groups excluding carboxylic acids is 4. The molecule has 1 N–H and O–H groups in total. The number of phenols is 1. The number of nitrogens with zero attached hydrogens (tertiary/aromatic N) is 4. The summed E-state index contributed by atoms with van der Waals surface area (Å²) in [4.78, 5) is 79.3. The van der Waals surface area contributed by atoms with E-state index in [9.17, 15) is 57.7 Å². The minimum atomic E-state index is -5.12. The summed E-state index contributed by atoms with van der Waals surface area (Å²) >= 11 is 0. The number of nitro groups is 2. The first kappa shape index (κ1) is 32.4. The zero-order valence-corrected chi connectivity index (χ0v) is 25.4. The van der Waals surface area contributed by atoms with Gasteiger partial charge in [-0.2, -0.15) is 0 Å². The van der Waals surface area contributed by atoms with E-state index in [1.165, 1.54) is 30.3 Å². The van der Waals surface area contributed by atoms with E-state index in [2.05, 4.69) is 4.74 Å². The van der Waals surface area contributed by atoms with Gasteiger partial charge in [0, 0.05) is 35.7 Å². The minimum Gasteiger partial charge on any atom is -0.508 e. The first-order valence-corrected chi connectivity index (χ1v) is 15.2. The number of aromatic hydroxyl groups is 1. The summed E-state index contributed by atoms with van der Waals surface area (Å²) in [5, 5.41) is 34.0. The third-order valence-electron chi connectivity index (χ3n) is 9.81. The fourth-order valence-corrected chi connectivity index (χ4v) is 7.92.